The van der Waals surface area contributed by atoms with Gasteiger partial charge in [-0.15, -0.1) is 0 Å². The lowest BCUT2D eigenvalue weighted by molar-refractivity contribution is 1.55. The molecular formula is C6H12NS-. The smallest absolute Gasteiger partial charge is 0.0253 e. The van der Waals surface area contributed by atoms with Gasteiger partial charge in [0.1, 0.15) is 0 Å². The van der Waals surface area contributed by atoms with Crippen LogP contribution in [0.15, 0.2) is 0 Å². The van der Waals surface area contributed by atoms with Crippen LogP contribution in [0.2, 0.25) is 0 Å². The van der Waals surface area contributed by atoms with E-state index in [-0.39, 0.29) is 10.1 Å². The van der Waals surface area contributed by atoms with Crippen LogP contribution in [0.5, 0.6) is 0 Å². The molecule has 0 amide bonds. The van der Waals surface area contributed by atoms with E-state index in [2.05, 4.69) is 10.7 Å². The molecular weight excluding hydrogens is 118 g/mol. The van der Waals surface area contributed by atoms with E-state index in [9.17, 15) is 0 Å². The lowest BCUT2D eigenvalue weighted by Gasteiger charge is -2.01. The molecule has 0 bridgehead atoms. The first-order chi connectivity index (χ1) is 3.85. The third-order valence-electron chi connectivity index (χ3n) is 0.881. The summed E-state index contributed by atoms with van der Waals surface area (Å²) in [6.45, 7) is 4.07. The van der Waals surface area contributed by atoms with E-state index >= 15 is 0 Å². The van der Waals surface area contributed by atoms with Crippen molar-refractivity contribution in [1.29, 1.82) is 5.41 Å². The minimum absolute atomic E-state index is 0.269. The van der Waals surface area contributed by atoms with Gasteiger partial charge >= 0.3 is 0 Å². The molecule has 0 unspecified atom stereocenters. The summed E-state index contributed by atoms with van der Waals surface area (Å²) in [7, 11) is 0.269. The van der Waals surface area contributed by atoms with Crippen molar-refractivity contribution in [2.75, 3.05) is 5.75 Å². The van der Waals surface area contributed by atoms with Crippen molar-refractivity contribution in [1.82, 2.24) is 0 Å². The largest absolute Gasteiger partial charge is 0.474 e. The topological polar surface area (TPSA) is 23.9 Å². The molecule has 2 heteroatoms. The van der Waals surface area contributed by atoms with Crippen LogP contribution >= 0.6 is 0 Å². The number of hydrogen-bond acceptors (Lipinski definition) is 2. The van der Waals surface area contributed by atoms with Gasteiger partial charge in [0, 0.05) is 0 Å². The van der Waals surface area contributed by atoms with Gasteiger partial charge in [0.15, 0.2) is 0 Å². The predicted octanol–water partition coefficient (Wildman–Crippen LogP) is 0.898. The van der Waals surface area contributed by atoms with Gasteiger partial charge in [-0.2, -0.15) is 0 Å². The fourth-order valence-corrected chi connectivity index (χ4v) is 1.27. The van der Waals surface area contributed by atoms with Crippen LogP contribution in [-0.4, -0.2) is 22.7 Å². The molecule has 0 saturated carbocycles. The third kappa shape index (κ3) is 2.86. The second-order valence-corrected chi connectivity index (χ2v) is 3.53. The van der Waals surface area contributed by atoms with Crippen molar-refractivity contribution in [2.45, 2.75) is 13.8 Å². The molecule has 0 aliphatic carbocycles. The third-order valence-corrected chi connectivity index (χ3v) is 2.64. The van der Waals surface area contributed by atoms with Gasteiger partial charge in [0.05, 0.1) is 0 Å². The molecule has 0 heterocycles. The molecule has 8 heavy (non-hydrogen) atoms. The molecule has 0 atom stereocenters. The average Bonchev–Trinajstić information content (AvgIpc) is 1.83. The number of nitrogens with one attached hydrogen (secondary N) is 1. The van der Waals surface area contributed by atoms with Crippen LogP contribution in [0.1, 0.15) is 13.8 Å². The van der Waals surface area contributed by atoms with Gasteiger partial charge in [0.2, 0.25) is 0 Å². The summed E-state index contributed by atoms with van der Waals surface area (Å²) in [5.74, 6) is 0.882. The molecule has 0 aliphatic rings. The minimum atomic E-state index is 0.269. The zero-order chi connectivity index (χ0) is 6.41. The van der Waals surface area contributed by atoms with Gasteiger partial charge in [-0.25, -0.2) is 10.7 Å². The van der Waals surface area contributed by atoms with E-state index in [1.54, 1.807) is 0 Å². The summed E-state index contributed by atoms with van der Waals surface area (Å²) in [4.78, 5) is 0. The Balaban J connectivity index is 3.93. The highest BCUT2D eigenvalue weighted by molar-refractivity contribution is 7.94. The second-order valence-electron chi connectivity index (χ2n) is 1.31. The Hall–Kier alpha value is -0.240. The van der Waals surface area contributed by atoms with E-state index in [1.807, 2.05) is 13.8 Å². The summed E-state index contributed by atoms with van der Waals surface area (Å²) >= 11 is 0. The Morgan fingerprint density at radius 1 is 1.38 bits per heavy atom. The van der Waals surface area contributed by atoms with Crippen molar-refractivity contribution in [3.8, 4) is 0 Å². The van der Waals surface area contributed by atoms with Crippen molar-refractivity contribution >= 4 is 27.0 Å². The minimum Gasteiger partial charge on any atom is -0.474 e. The number of rotatable bonds is 2. The zero-order valence-corrected chi connectivity index (χ0v) is 6.16. The molecule has 0 spiro atoms. The lowest BCUT2D eigenvalue weighted by atomic mass is 10.9. The van der Waals surface area contributed by atoms with E-state index < -0.39 is 0 Å². The van der Waals surface area contributed by atoms with Crippen LogP contribution in [-0.2, 0) is 10.1 Å². The summed E-state index contributed by atoms with van der Waals surface area (Å²) in [6, 6.07) is 0. The fourth-order valence-electron chi connectivity index (χ4n) is 0.425. The van der Waals surface area contributed by atoms with Crippen LogP contribution in [0.25, 0.3) is 0 Å². The van der Waals surface area contributed by atoms with Crippen LogP contribution in [0, 0.1) is 5.41 Å². The molecule has 0 aromatic rings. The zero-order valence-electron chi connectivity index (χ0n) is 5.35. The first-order valence-electron chi connectivity index (χ1n) is 2.61. The quantitative estimate of drug-likeness (QED) is 0.326. The SMILES string of the molecule is CC=[S-](=CC)CC=N. The molecule has 0 radical (unpaired) electrons. The normalized spacial score (nSPS) is 14.2. The van der Waals surface area contributed by atoms with Crippen molar-refractivity contribution < 1.29 is 0 Å². The molecule has 0 saturated heterocycles. The van der Waals surface area contributed by atoms with Gasteiger partial charge in [-0.05, 0) is 6.21 Å². The van der Waals surface area contributed by atoms with E-state index in [4.69, 9.17) is 5.41 Å². The highest BCUT2D eigenvalue weighted by Gasteiger charge is 1.55. The predicted molar refractivity (Wildman–Crippen MR) is 44.5 cm³/mol. The van der Waals surface area contributed by atoms with Gasteiger partial charge < -0.3 is 15.5 Å². The Morgan fingerprint density at radius 2 is 1.88 bits per heavy atom. The van der Waals surface area contributed by atoms with Crippen LogP contribution < -0.4 is 0 Å². The molecule has 0 aromatic heterocycles. The Kier molecular flexibility index (Phi) is 4.76. The molecule has 48 valence electrons. The molecule has 0 aliphatic heterocycles. The highest BCUT2D eigenvalue weighted by atomic mass is 32.2. The summed E-state index contributed by atoms with van der Waals surface area (Å²) in [6.07, 6.45) is 1.46. The summed E-state index contributed by atoms with van der Waals surface area (Å²) in [5.41, 5.74) is 0. The Bertz CT molecular complexity index is 131. The molecule has 0 fully saturated rings. The second kappa shape index (κ2) is 4.91. The standard InChI is InChI=1S/C6H12NS/c1-3-8(4-2)6-5-7/h3-5,7H,6H2,1-2H3/q-1. The maximum absolute atomic E-state index is 6.78. The van der Waals surface area contributed by atoms with Crippen LogP contribution in [0.3, 0.4) is 0 Å². The first kappa shape index (κ1) is 7.76. The molecule has 1 nitrogen and oxygen atoms in total. The van der Waals surface area contributed by atoms with Crippen molar-refractivity contribution in [3.05, 3.63) is 0 Å². The van der Waals surface area contributed by atoms with Gasteiger partial charge in [-0.1, -0.05) is 19.6 Å². The average molecular weight is 130 g/mol. The lowest BCUT2D eigenvalue weighted by Crippen LogP contribution is -1.90. The molecule has 0 rings (SSSR count). The van der Waals surface area contributed by atoms with Gasteiger partial charge in [0.25, 0.3) is 0 Å². The Morgan fingerprint density at radius 3 is 2.00 bits per heavy atom. The molecule has 1 N–H and O–H groups in total. The van der Waals surface area contributed by atoms with E-state index in [0.717, 1.165) is 5.75 Å². The number of hydrogen-bond donors (Lipinski definition) is 1. The Labute approximate surface area is 52.7 Å². The van der Waals surface area contributed by atoms with Gasteiger partial charge in [-0.3, -0.25) is 0 Å². The summed E-state index contributed by atoms with van der Waals surface area (Å²) in [5, 5.41) is 11.0. The van der Waals surface area contributed by atoms with E-state index in [0.29, 0.717) is 0 Å². The summed E-state index contributed by atoms with van der Waals surface area (Å²) < 4.78 is 0. The first-order valence-corrected chi connectivity index (χ1v) is 4.13. The van der Waals surface area contributed by atoms with Crippen LogP contribution in [0.4, 0.5) is 0 Å². The van der Waals surface area contributed by atoms with Crippen molar-refractivity contribution in [3.63, 3.8) is 0 Å². The van der Waals surface area contributed by atoms with Crippen molar-refractivity contribution in [2.24, 2.45) is 0 Å². The maximum Gasteiger partial charge on any atom is -0.0253 e. The maximum atomic E-state index is 6.78. The monoisotopic (exact) mass is 130 g/mol. The highest BCUT2D eigenvalue weighted by Crippen LogP contribution is 1.64. The van der Waals surface area contributed by atoms with E-state index in [1.165, 1.54) is 6.21 Å². The fraction of sp³-hybridized carbons (Fsp3) is 0.500. The molecule has 0 aromatic carbocycles.